The van der Waals surface area contributed by atoms with E-state index in [1.54, 1.807) is 18.3 Å². The number of pyridine rings is 1. The van der Waals surface area contributed by atoms with Crippen LogP contribution in [0.1, 0.15) is 67.3 Å². The monoisotopic (exact) mass is 540 g/mol. The number of Topliss-reactive ketones (excluding diaryl/α,β-unsaturated/α-hetero) is 1. The number of methoxy groups -OCH3 is 1. The van der Waals surface area contributed by atoms with E-state index in [0.29, 0.717) is 62.5 Å². The summed E-state index contributed by atoms with van der Waals surface area (Å²) in [6, 6.07) is 4.94. The summed E-state index contributed by atoms with van der Waals surface area (Å²) in [5.74, 6) is -1.41. The zero-order valence-electron chi connectivity index (χ0n) is 21.4. The maximum atomic E-state index is 12.7. The number of amides is 1. The summed E-state index contributed by atoms with van der Waals surface area (Å²) in [6.45, 7) is 5.15. The van der Waals surface area contributed by atoms with Crippen LogP contribution in [0.5, 0.6) is 5.88 Å². The van der Waals surface area contributed by atoms with Gasteiger partial charge in [-0.25, -0.2) is 14.8 Å². The second-order valence-electron chi connectivity index (χ2n) is 9.04. The number of piperidine rings is 1. The molecule has 0 atom stereocenters. The number of aromatic nitrogens is 3. The van der Waals surface area contributed by atoms with Crippen molar-refractivity contribution in [1.82, 2.24) is 19.9 Å². The van der Waals surface area contributed by atoms with E-state index in [1.165, 1.54) is 13.2 Å². The van der Waals surface area contributed by atoms with Gasteiger partial charge < -0.3 is 19.7 Å². The van der Waals surface area contributed by atoms with E-state index in [0.717, 1.165) is 5.69 Å². The third-order valence-corrected chi connectivity index (χ3v) is 5.90. The number of alkyl halides is 3. The normalized spacial score (nSPS) is 14.0. The highest BCUT2D eigenvalue weighted by atomic mass is 19.4. The van der Waals surface area contributed by atoms with Gasteiger partial charge >= 0.3 is 12.1 Å². The molecular formula is C25H31F3N4O6. The molecule has 2 aromatic heterocycles. The lowest BCUT2D eigenvalue weighted by atomic mass is 9.89. The van der Waals surface area contributed by atoms with Crippen LogP contribution in [0, 0.1) is 5.92 Å². The zero-order valence-corrected chi connectivity index (χ0v) is 21.4. The molecule has 1 amide bonds. The van der Waals surface area contributed by atoms with Crippen molar-refractivity contribution in [1.29, 1.82) is 0 Å². The number of nitrogens with zero attached hydrogens (tertiary/aromatic N) is 3. The van der Waals surface area contributed by atoms with E-state index >= 15 is 0 Å². The van der Waals surface area contributed by atoms with Gasteiger partial charge in [-0.1, -0.05) is 13.8 Å². The number of likely N-dealkylation sites (tertiary alicyclic amines) is 1. The maximum absolute atomic E-state index is 12.7. The molecule has 10 nitrogen and oxygen atoms in total. The minimum Gasteiger partial charge on any atom is -0.481 e. The molecule has 1 aliphatic rings. The predicted molar refractivity (Wildman–Crippen MR) is 130 cm³/mol. The van der Waals surface area contributed by atoms with Crippen molar-refractivity contribution < 1.29 is 37.4 Å². The highest BCUT2D eigenvalue weighted by Gasteiger charge is 2.38. The Bertz CT molecular complexity index is 1160. The maximum Gasteiger partial charge on any atom is 0.490 e. The van der Waals surface area contributed by atoms with Crippen molar-refractivity contribution >= 4 is 17.7 Å². The number of carboxylic acids is 1. The van der Waals surface area contributed by atoms with Crippen LogP contribution in [0.15, 0.2) is 29.2 Å². The van der Waals surface area contributed by atoms with Crippen LogP contribution in [0.4, 0.5) is 13.2 Å². The van der Waals surface area contributed by atoms with Crippen molar-refractivity contribution in [3.05, 3.63) is 51.8 Å². The molecule has 0 radical (unpaired) electrons. The number of ketones is 1. The molecule has 1 saturated heterocycles. The number of aliphatic carboxylic acids is 1. The van der Waals surface area contributed by atoms with Crippen molar-refractivity contribution in [2.45, 2.75) is 58.0 Å². The molecular weight excluding hydrogens is 509 g/mol. The average Bonchev–Trinajstić information content (AvgIpc) is 2.88. The van der Waals surface area contributed by atoms with Crippen LogP contribution in [0.3, 0.4) is 0 Å². The summed E-state index contributed by atoms with van der Waals surface area (Å²) < 4.78 is 36.8. The second-order valence-corrected chi connectivity index (χ2v) is 9.04. The Labute approximate surface area is 217 Å². The first-order valence-electron chi connectivity index (χ1n) is 12.0. The standard InChI is InChI=1S/C23H30N4O4.C2HF3O2/c1-15(2)18-13-20(28)26-19(25-18)5-4-6-22(29)27-11-9-16(10-12-27)23(30)17-7-8-21(31-3)24-14-17;3-2(4,5)1(6)7/h7-8,13-16H,4-6,9-12H2,1-3H3,(H,25,26,28);(H,6,7). The molecule has 0 unspecified atom stereocenters. The minimum absolute atomic E-state index is 0.0716. The van der Waals surface area contributed by atoms with E-state index in [9.17, 15) is 27.6 Å². The average molecular weight is 541 g/mol. The van der Waals surface area contributed by atoms with E-state index in [4.69, 9.17) is 14.6 Å². The molecule has 1 fully saturated rings. The Balaban J connectivity index is 0.000000638. The van der Waals surface area contributed by atoms with E-state index in [1.807, 2.05) is 18.7 Å². The van der Waals surface area contributed by atoms with E-state index in [-0.39, 0.29) is 29.1 Å². The van der Waals surface area contributed by atoms with Gasteiger partial charge in [-0.3, -0.25) is 14.4 Å². The van der Waals surface area contributed by atoms with Crippen molar-refractivity contribution in [2.24, 2.45) is 5.92 Å². The number of halogens is 3. The number of nitrogens with one attached hydrogen (secondary N) is 1. The van der Waals surface area contributed by atoms with Gasteiger partial charge in [0.2, 0.25) is 11.8 Å². The number of carboxylic acid groups (broad SMARTS) is 1. The quantitative estimate of drug-likeness (QED) is 0.486. The first-order valence-corrected chi connectivity index (χ1v) is 12.0. The molecule has 3 heterocycles. The van der Waals surface area contributed by atoms with Gasteiger partial charge in [0.15, 0.2) is 5.78 Å². The van der Waals surface area contributed by atoms with Gasteiger partial charge in [-0.15, -0.1) is 0 Å². The highest BCUT2D eigenvalue weighted by Crippen LogP contribution is 2.23. The number of ether oxygens (including phenoxy) is 1. The molecule has 13 heteroatoms. The molecule has 0 bridgehead atoms. The summed E-state index contributed by atoms with van der Waals surface area (Å²) >= 11 is 0. The number of rotatable bonds is 8. The molecule has 0 spiro atoms. The molecule has 2 aromatic rings. The van der Waals surface area contributed by atoms with Gasteiger partial charge in [0.1, 0.15) is 5.82 Å². The van der Waals surface area contributed by atoms with Crippen LogP contribution in [-0.4, -0.2) is 69.0 Å². The lowest BCUT2D eigenvalue weighted by molar-refractivity contribution is -0.192. The SMILES string of the molecule is COc1ccc(C(=O)C2CCN(C(=O)CCCc3nc(C(C)C)cc(=O)[nH]3)CC2)cn1.O=C(O)C(F)(F)F. The van der Waals surface area contributed by atoms with Crippen LogP contribution < -0.4 is 10.3 Å². The summed E-state index contributed by atoms with van der Waals surface area (Å²) in [4.78, 5) is 59.1. The zero-order chi connectivity index (χ0) is 28.5. The Morgan fingerprint density at radius 3 is 2.34 bits per heavy atom. The molecule has 38 heavy (non-hydrogen) atoms. The van der Waals surface area contributed by atoms with Crippen LogP contribution in [0.25, 0.3) is 0 Å². The number of aromatic amines is 1. The molecule has 2 N–H and O–H groups in total. The second kappa shape index (κ2) is 13.7. The molecule has 1 aliphatic heterocycles. The predicted octanol–water partition coefficient (Wildman–Crippen LogP) is 3.37. The third-order valence-electron chi connectivity index (χ3n) is 5.90. The lowest BCUT2D eigenvalue weighted by Gasteiger charge is -2.31. The smallest absolute Gasteiger partial charge is 0.481 e. The van der Waals surface area contributed by atoms with E-state index < -0.39 is 12.1 Å². The number of hydrogen-bond donors (Lipinski definition) is 2. The topological polar surface area (TPSA) is 143 Å². The lowest BCUT2D eigenvalue weighted by Crippen LogP contribution is -2.40. The van der Waals surface area contributed by atoms with Crippen molar-refractivity contribution in [2.75, 3.05) is 20.2 Å². The number of aryl methyl sites for hydroxylation is 1. The fourth-order valence-corrected chi connectivity index (χ4v) is 3.78. The highest BCUT2D eigenvalue weighted by molar-refractivity contribution is 5.97. The minimum atomic E-state index is -5.08. The number of H-pyrrole nitrogens is 1. The van der Waals surface area contributed by atoms with Crippen molar-refractivity contribution in [3.63, 3.8) is 0 Å². The van der Waals surface area contributed by atoms with E-state index in [2.05, 4.69) is 15.0 Å². The fourth-order valence-electron chi connectivity index (χ4n) is 3.78. The summed E-state index contributed by atoms with van der Waals surface area (Å²) in [6.07, 6.45) is -0.646. The number of carbonyl (C=O) groups excluding carboxylic acids is 2. The summed E-state index contributed by atoms with van der Waals surface area (Å²) in [5.41, 5.74) is 1.19. The molecule has 0 aliphatic carbocycles. The first kappa shape index (κ1) is 30.5. The Morgan fingerprint density at radius 1 is 1.21 bits per heavy atom. The largest absolute Gasteiger partial charge is 0.490 e. The molecule has 0 aromatic carbocycles. The molecule has 0 saturated carbocycles. The number of carbonyl (C=O) groups is 3. The molecule has 3 rings (SSSR count). The van der Waals surface area contributed by atoms with Crippen LogP contribution in [0.2, 0.25) is 0 Å². The van der Waals surface area contributed by atoms with Gasteiger partial charge in [0, 0.05) is 55.7 Å². The number of hydrogen-bond acceptors (Lipinski definition) is 7. The van der Waals surface area contributed by atoms with Gasteiger partial charge in [0.05, 0.1) is 12.8 Å². The summed E-state index contributed by atoms with van der Waals surface area (Å²) in [7, 11) is 1.54. The van der Waals surface area contributed by atoms with Crippen LogP contribution in [-0.2, 0) is 16.0 Å². The van der Waals surface area contributed by atoms with Crippen molar-refractivity contribution in [3.8, 4) is 5.88 Å². The Hall–Kier alpha value is -3.77. The first-order chi connectivity index (χ1) is 17.8. The third kappa shape index (κ3) is 9.27. The summed E-state index contributed by atoms with van der Waals surface area (Å²) in [5, 5.41) is 7.12. The van der Waals surface area contributed by atoms with Gasteiger partial charge in [-0.2, -0.15) is 13.2 Å². The molecule has 208 valence electrons. The van der Waals surface area contributed by atoms with Crippen LogP contribution >= 0.6 is 0 Å². The van der Waals surface area contributed by atoms with Gasteiger partial charge in [0.25, 0.3) is 5.56 Å². The fraction of sp³-hybridized carbons (Fsp3) is 0.520. The van der Waals surface area contributed by atoms with Gasteiger partial charge in [-0.05, 0) is 31.2 Å². The Kier molecular flexibility index (Phi) is 11.0. The Morgan fingerprint density at radius 2 is 1.84 bits per heavy atom.